The highest BCUT2D eigenvalue weighted by Gasteiger charge is 2.19. The van der Waals surface area contributed by atoms with Gasteiger partial charge in [0.05, 0.1) is 18.8 Å². The van der Waals surface area contributed by atoms with Crippen LogP contribution in [0.5, 0.6) is 0 Å². The van der Waals surface area contributed by atoms with E-state index in [1.54, 1.807) is 0 Å². The van der Waals surface area contributed by atoms with Crippen LogP contribution in [0.25, 0.3) is 0 Å². The fourth-order valence-electron chi connectivity index (χ4n) is 5.68. The van der Waals surface area contributed by atoms with Gasteiger partial charge in [0.1, 0.15) is 0 Å². The molecule has 1 amide bonds. The van der Waals surface area contributed by atoms with Crippen molar-refractivity contribution in [2.45, 2.75) is 180 Å². The minimum absolute atomic E-state index is 0.0671. The van der Waals surface area contributed by atoms with Gasteiger partial charge in [0.25, 0.3) is 0 Å². The van der Waals surface area contributed by atoms with Gasteiger partial charge in [-0.2, -0.15) is 0 Å². The Morgan fingerprint density at radius 2 is 0.815 bits per heavy atom. The minimum atomic E-state index is -0.675. The summed E-state index contributed by atoms with van der Waals surface area (Å²) in [5, 5.41) is 22.9. The van der Waals surface area contributed by atoms with Crippen LogP contribution in [-0.2, 0) is 4.79 Å². The predicted molar refractivity (Wildman–Crippen MR) is 239 cm³/mol. The molecule has 0 aromatic carbocycles. The SMILES string of the molecule is CC/C=C\C/C=C\C/C=C\C/C=C\C/C=C\C/C=C\C/C=C\C/C=C\C/C=C\C/C=C\CCCCCCC(=O)NC(CO)C(O)CCCCCCCCC. The van der Waals surface area contributed by atoms with E-state index < -0.39 is 12.1 Å². The Labute approximate surface area is 333 Å². The quantitative estimate of drug-likeness (QED) is 0.0438. The van der Waals surface area contributed by atoms with E-state index in [1.165, 1.54) is 32.1 Å². The standard InChI is InChI=1S/C50H81NO3/c1-3-5-7-9-11-12-13-14-15-16-17-18-19-20-21-22-23-24-25-26-27-28-29-30-31-32-33-34-35-36-37-38-40-42-44-46-50(54)51-48(47-52)49(53)45-43-41-39-10-8-6-4-2/h5,7,11-12,14-15,17-18,20-21,23-24,26-27,29-30,32-33,35-36,48-49,52-53H,3-4,6,8-10,13,16,19,22,25,28,31,34,37-47H2,1-2H3,(H,51,54)/b7-5-,12-11-,15-14-,18-17-,21-20-,24-23-,27-26-,30-29-,33-32-,36-35-. The van der Waals surface area contributed by atoms with Crippen LogP contribution in [0.2, 0.25) is 0 Å². The number of allylic oxidation sites excluding steroid dienone is 20. The number of carbonyl (C=O) groups is 1. The molecule has 2 unspecified atom stereocenters. The zero-order valence-electron chi connectivity index (χ0n) is 34.7. The molecule has 3 N–H and O–H groups in total. The molecule has 2 atom stereocenters. The van der Waals surface area contributed by atoms with Gasteiger partial charge in [0.15, 0.2) is 0 Å². The maximum Gasteiger partial charge on any atom is 0.220 e. The van der Waals surface area contributed by atoms with Gasteiger partial charge >= 0.3 is 0 Å². The van der Waals surface area contributed by atoms with Gasteiger partial charge < -0.3 is 15.5 Å². The monoisotopic (exact) mass is 744 g/mol. The van der Waals surface area contributed by atoms with E-state index in [9.17, 15) is 15.0 Å². The Morgan fingerprint density at radius 3 is 1.22 bits per heavy atom. The lowest BCUT2D eigenvalue weighted by Crippen LogP contribution is -2.45. The normalized spacial score (nSPS) is 14.2. The van der Waals surface area contributed by atoms with Crippen LogP contribution in [0.15, 0.2) is 122 Å². The average molecular weight is 744 g/mol. The number of aliphatic hydroxyl groups is 2. The molecule has 0 fully saturated rings. The van der Waals surface area contributed by atoms with Crippen LogP contribution >= 0.6 is 0 Å². The van der Waals surface area contributed by atoms with Crippen LogP contribution in [0.1, 0.15) is 168 Å². The van der Waals surface area contributed by atoms with Crippen LogP contribution in [0, 0.1) is 0 Å². The van der Waals surface area contributed by atoms with Gasteiger partial charge in [-0.05, 0) is 89.9 Å². The van der Waals surface area contributed by atoms with Crippen molar-refractivity contribution in [3.63, 3.8) is 0 Å². The second kappa shape index (κ2) is 44.2. The predicted octanol–water partition coefficient (Wildman–Crippen LogP) is 13.8. The second-order valence-electron chi connectivity index (χ2n) is 14.0. The van der Waals surface area contributed by atoms with E-state index in [-0.39, 0.29) is 12.5 Å². The maximum absolute atomic E-state index is 12.3. The van der Waals surface area contributed by atoms with Gasteiger partial charge in [-0.3, -0.25) is 4.79 Å². The van der Waals surface area contributed by atoms with E-state index in [1.807, 2.05) is 0 Å². The second-order valence-corrected chi connectivity index (χ2v) is 14.0. The topological polar surface area (TPSA) is 69.6 Å². The Hall–Kier alpha value is -3.21. The largest absolute Gasteiger partial charge is 0.394 e. The molecule has 0 spiro atoms. The number of unbranched alkanes of at least 4 members (excludes halogenated alkanes) is 10. The molecule has 4 nitrogen and oxygen atoms in total. The van der Waals surface area contributed by atoms with Crippen molar-refractivity contribution in [3.8, 4) is 0 Å². The molecule has 0 aromatic rings. The Kier molecular flexibility index (Phi) is 41.6. The van der Waals surface area contributed by atoms with E-state index in [4.69, 9.17) is 0 Å². The third kappa shape index (κ3) is 40.0. The zero-order valence-corrected chi connectivity index (χ0v) is 34.7. The zero-order chi connectivity index (χ0) is 39.3. The Morgan fingerprint density at radius 1 is 0.463 bits per heavy atom. The Bertz CT molecular complexity index is 1120. The fourth-order valence-corrected chi connectivity index (χ4v) is 5.68. The molecule has 0 aliphatic heterocycles. The number of hydrogen-bond donors (Lipinski definition) is 3. The molecule has 0 aliphatic carbocycles. The summed E-state index contributed by atoms with van der Waals surface area (Å²) >= 11 is 0. The van der Waals surface area contributed by atoms with Crippen LogP contribution in [-0.4, -0.2) is 34.9 Å². The first kappa shape index (κ1) is 50.8. The summed E-state index contributed by atoms with van der Waals surface area (Å²) in [5.41, 5.74) is 0. The third-order valence-corrected chi connectivity index (χ3v) is 8.99. The van der Waals surface area contributed by atoms with Crippen LogP contribution in [0.4, 0.5) is 0 Å². The van der Waals surface area contributed by atoms with E-state index in [2.05, 4.69) is 141 Å². The Balaban J connectivity index is 3.69. The van der Waals surface area contributed by atoms with Crippen molar-refractivity contribution in [2.24, 2.45) is 0 Å². The minimum Gasteiger partial charge on any atom is -0.394 e. The van der Waals surface area contributed by atoms with Gasteiger partial charge in [-0.25, -0.2) is 0 Å². The van der Waals surface area contributed by atoms with Crippen molar-refractivity contribution < 1.29 is 15.0 Å². The lowest BCUT2D eigenvalue weighted by atomic mass is 10.0. The average Bonchev–Trinajstić information content (AvgIpc) is 3.18. The molecule has 0 saturated heterocycles. The summed E-state index contributed by atoms with van der Waals surface area (Å²) < 4.78 is 0. The lowest BCUT2D eigenvalue weighted by Gasteiger charge is -2.22. The van der Waals surface area contributed by atoms with Crippen LogP contribution < -0.4 is 5.32 Å². The number of rotatable bonds is 37. The summed E-state index contributed by atoms with van der Waals surface area (Å²) in [4.78, 5) is 12.3. The molecule has 304 valence electrons. The summed E-state index contributed by atoms with van der Waals surface area (Å²) in [5.74, 6) is -0.0671. The molecule has 0 saturated carbocycles. The molecule has 0 aliphatic rings. The molecule has 0 heterocycles. The van der Waals surface area contributed by atoms with Gasteiger partial charge in [-0.1, -0.05) is 193 Å². The first-order valence-corrected chi connectivity index (χ1v) is 21.7. The summed E-state index contributed by atoms with van der Waals surface area (Å²) in [6.45, 7) is 4.16. The molecule has 0 aromatic heterocycles. The molecular weight excluding hydrogens is 663 g/mol. The first-order valence-electron chi connectivity index (χ1n) is 21.7. The first-order chi connectivity index (χ1) is 26.7. The van der Waals surface area contributed by atoms with E-state index in [0.29, 0.717) is 12.8 Å². The van der Waals surface area contributed by atoms with Gasteiger partial charge in [0, 0.05) is 6.42 Å². The number of nitrogens with one attached hydrogen (secondary N) is 1. The maximum atomic E-state index is 12.3. The molecule has 0 radical (unpaired) electrons. The smallest absolute Gasteiger partial charge is 0.220 e. The van der Waals surface area contributed by atoms with Crippen molar-refractivity contribution in [3.05, 3.63) is 122 Å². The summed E-state index contributed by atoms with van der Waals surface area (Å²) in [6.07, 6.45) is 68.6. The highest BCUT2D eigenvalue weighted by atomic mass is 16.3. The molecular formula is C50H81NO3. The summed E-state index contributed by atoms with van der Waals surface area (Å²) in [7, 11) is 0. The third-order valence-electron chi connectivity index (χ3n) is 8.99. The summed E-state index contributed by atoms with van der Waals surface area (Å²) in [6, 6.07) is -0.555. The fraction of sp³-hybridized carbons (Fsp3) is 0.580. The molecule has 4 heteroatoms. The molecule has 0 bridgehead atoms. The van der Waals surface area contributed by atoms with Crippen molar-refractivity contribution >= 4 is 5.91 Å². The lowest BCUT2D eigenvalue weighted by molar-refractivity contribution is -0.123. The number of amides is 1. The number of hydrogen-bond acceptors (Lipinski definition) is 3. The molecule has 0 rings (SSSR count). The van der Waals surface area contributed by atoms with Crippen LogP contribution in [0.3, 0.4) is 0 Å². The van der Waals surface area contributed by atoms with Crippen molar-refractivity contribution in [1.29, 1.82) is 0 Å². The van der Waals surface area contributed by atoms with Crippen molar-refractivity contribution in [1.82, 2.24) is 5.32 Å². The van der Waals surface area contributed by atoms with E-state index in [0.717, 1.165) is 109 Å². The highest BCUT2D eigenvalue weighted by Crippen LogP contribution is 2.12. The molecule has 54 heavy (non-hydrogen) atoms. The van der Waals surface area contributed by atoms with Gasteiger partial charge in [-0.15, -0.1) is 0 Å². The highest BCUT2D eigenvalue weighted by molar-refractivity contribution is 5.76. The van der Waals surface area contributed by atoms with Crippen molar-refractivity contribution in [2.75, 3.05) is 6.61 Å². The number of carbonyl (C=O) groups excluding carboxylic acids is 1. The number of aliphatic hydroxyl groups excluding tert-OH is 2. The van der Waals surface area contributed by atoms with E-state index >= 15 is 0 Å². The van der Waals surface area contributed by atoms with Gasteiger partial charge in [0.2, 0.25) is 5.91 Å².